The zero-order chi connectivity index (χ0) is 23.7. The van der Waals surface area contributed by atoms with Crippen molar-refractivity contribution in [3.05, 3.63) is 54.6 Å². The van der Waals surface area contributed by atoms with Crippen LogP contribution in [-0.2, 0) is 9.59 Å². The van der Waals surface area contributed by atoms with E-state index in [1.54, 1.807) is 0 Å². The number of nitrogens with one attached hydrogen (secondary N) is 1. The van der Waals surface area contributed by atoms with Gasteiger partial charge in [0.05, 0.1) is 0 Å². The zero-order valence-corrected chi connectivity index (χ0v) is 20.6. The lowest BCUT2D eigenvalue weighted by atomic mass is 9.47. The molecule has 6 rings (SSSR count). The number of benzene rings is 2. The molecule has 3 saturated carbocycles. The van der Waals surface area contributed by atoms with Gasteiger partial charge in [0.15, 0.2) is 0 Å². The van der Waals surface area contributed by atoms with Crippen LogP contribution in [0, 0.1) is 34.5 Å². The largest absolute Gasteiger partial charge is 0.338 e. The minimum atomic E-state index is 0.0518. The van der Waals surface area contributed by atoms with E-state index in [4.69, 9.17) is 0 Å². The summed E-state index contributed by atoms with van der Waals surface area (Å²) in [4.78, 5) is 28.0. The molecular formula is C30H36N2O2. The molecule has 0 radical (unpaired) electrons. The maximum absolute atomic E-state index is 13.7. The van der Waals surface area contributed by atoms with Crippen LogP contribution < -0.4 is 5.32 Å². The second-order valence-electron chi connectivity index (χ2n) is 11.8. The highest BCUT2D eigenvalue weighted by Crippen LogP contribution is 2.65. The van der Waals surface area contributed by atoms with Gasteiger partial charge in [-0.2, -0.15) is 0 Å². The van der Waals surface area contributed by atoms with E-state index in [1.165, 1.54) is 6.42 Å². The smallest absolute Gasteiger partial charge is 0.246 e. The van der Waals surface area contributed by atoms with Crippen LogP contribution >= 0.6 is 0 Å². The Kier molecular flexibility index (Phi) is 4.95. The van der Waals surface area contributed by atoms with Crippen molar-refractivity contribution in [2.45, 2.75) is 58.4 Å². The van der Waals surface area contributed by atoms with Crippen molar-refractivity contribution < 1.29 is 9.59 Å². The van der Waals surface area contributed by atoms with Crippen LogP contribution in [0.2, 0.25) is 0 Å². The molecule has 0 saturated heterocycles. The van der Waals surface area contributed by atoms with Crippen molar-refractivity contribution in [2.24, 2.45) is 34.5 Å². The molecule has 34 heavy (non-hydrogen) atoms. The molecule has 2 amide bonds. The van der Waals surface area contributed by atoms with Crippen molar-refractivity contribution in [3.63, 3.8) is 0 Å². The maximum Gasteiger partial charge on any atom is 0.246 e. The number of carbonyl (C=O) groups is 2. The van der Waals surface area contributed by atoms with E-state index in [0.717, 1.165) is 48.6 Å². The Hall–Kier alpha value is -2.62. The van der Waals surface area contributed by atoms with Gasteiger partial charge < -0.3 is 10.2 Å². The third-order valence-corrected chi connectivity index (χ3v) is 10.5. The molecule has 178 valence electrons. The summed E-state index contributed by atoms with van der Waals surface area (Å²) in [5.41, 5.74) is 1.03. The van der Waals surface area contributed by atoms with E-state index in [-0.39, 0.29) is 28.6 Å². The Morgan fingerprint density at radius 3 is 2.62 bits per heavy atom. The molecule has 1 aliphatic heterocycles. The second-order valence-corrected chi connectivity index (χ2v) is 11.8. The van der Waals surface area contributed by atoms with Crippen LogP contribution in [0.15, 0.2) is 54.6 Å². The van der Waals surface area contributed by atoms with Gasteiger partial charge in [-0.1, -0.05) is 56.3 Å². The number of likely N-dealkylation sites (N-methyl/N-ethyl adjacent to an activating group) is 1. The molecule has 0 bridgehead atoms. The van der Waals surface area contributed by atoms with Crippen molar-refractivity contribution >= 4 is 28.3 Å². The fraction of sp³-hybridized carbons (Fsp3) is 0.533. The summed E-state index contributed by atoms with van der Waals surface area (Å²) >= 11 is 0. The Labute approximate surface area is 202 Å². The molecule has 0 aromatic heterocycles. The summed E-state index contributed by atoms with van der Waals surface area (Å²) in [6, 6.07) is 14.7. The summed E-state index contributed by atoms with van der Waals surface area (Å²) in [6.45, 7) is 4.78. The first kappa shape index (κ1) is 21.9. The standard InChI is InChI=1S/C30H36N2O2/c1-29-17-15-23-21(11-14-26-30(23,2)18-16-27(33)32(26)3)22(29)12-13-24(29)28(34)31-25-10-6-8-19-7-4-5-9-20(19)25/h4-10,16,18,21-24,26H,11-15,17H2,1-3H3,(H,31,34)/t21-,22-,23-,24+,26+,29+,30+/m0/s1. The van der Waals surface area contributed by atoms with Crippen LogP contribution in [0.5, 0.6) is 0 Å². The molecule has 3 aliphatic carbocycles. The Morgan fingerprint density at radius 1 is 0.971 bits per heavy atom. The first-order valence-corrected chi connectivity index (χ1v) is 13.1. The van der Waals surface area contributed by atoms with Gasteiger partial charge in [0.2, 0.25) is 11.8 Å². The molecule has 0 unspecified atom stereocenters. The molecule has 7 atom stereocenters. The second kappa shape index (κ2) is 7.69. The minimum absolute atomic E-state index is 0.0518. The van der Waals surface area contributed by atoms with Crippen LogP contribution in [0.3, 0.4) is 0 Å². The first-order chi connectivity index (χ1) is 16.3. The Balaban J connectivity index is 1.25. The van der Waals surface area contributed by atoms with E-state index in [1.807, 2.05) is 42.3 Å². The number of hydrogen-bond donors (Lipinski definition) is 1. The lowest BCUT2D eigenvalue weighted by molar-refractivity contribution is -0.141. The molecule has 4 aliphatic rings. The number of rotatable bonds is 2. The summed E-state index contributed by atoms with van der Waals surface area (Å²) in [6.07, 6.45) is 10.7. The van der Waals surface area contributed by atoms with Gasteiger partial charge in [-0.05, 0) is 79.2 Å². The lowest BCUT2D eigenvalue weighted by Gasteiger charge is -2.60. The van der Waals surface area contributed by atoms with Crippen molar-refractivity contribution in [1.29, 1.82) is 0 Å². The van der Waals surface area contributed by atoms with Crippen molar-refractivity contribution in [2.75, 3.05) is 12.4 Å². The zero-order valence-electron chi connectivity index (χ0n) is 20.6. The third kappa shape index (κ3) is 3.03. The Morgan fingerprint density at radius 2 is 1.76 bits per heavy atom. The number of hydrogen-bond acceptors (Lipinski definition) is 2. The molecule has 2 aromatic rings. The monoisotopic (exact) mass is 456 g/mol. The summed E-state index contributed by atoms with van der Waals surface area (Å²) in [5, 5.41) is 5.59. The highest BCUT2D eigenvalue weighted by molar-refractivity contribution is 6.03. The highest BCUT2D eigenvalue weighted by atomic mass is 16.2. The van der Waals surface area contributed by atoms with E-state index >= 15 is 0 Å². The number of nitrogens with zero attached hydrogens (tertiary/aromatic N) is 1. The van der Waals surface area contributed by atoms with Gasteiger partial charge in [-0.3, -0.25) is 9.59 Å². The average Bonchev–Trinajstić information content (AvgIpc) is 3.19. The number of carbonyl (C=O) groups excluding carboxylic acids is 2. The van der Waals surface area contributed by atoms with Gasteiger partial charge in [0, 0.05) is 35.5 Å². The quantitative estimate of drug-likeness (QED) is 0.599. The normalized spacial score (nSPS) is 38.9. The molecule has 0 spiro atoms. The minimum Gasteiger partial charge on any atom is -0.338 e. The maximum atomic E-state index is 13.7. The van der Waals surface area contributed by atoms with E-state index < -0.39 is 0 Å². The third-order valence-electron chi connectivity index (χ3n) is 10.5. The number of amides is 2. The van der Waals surface area contributed by atoms with E-state index in [2.05, 4.69) is 43.4 Å². The van der Waals surface area contributed by atoms with E-state index in [0.29, 0.717) is 23.8 Å². The van der Waals surface area contributed by atoms with Gasteiger partial charge in [0.1, 0.15) is 0 Å². The molecular weight excluding hydrogens is 420 g/mol. The fourth-order valence-corrected chi connectivity index (χ4v) is 8.72. The molecule has 1 heterocycles. The summed E-state index contributed by atoms with van der Waals surface area (Å²) in [7, 11) is 1.98. The van der Waals surface area contributed by atoms with Crippen LogP contribution in [0.4, 0.5) is 5.69 Å². The van der Waals surface area contributed by atoms with Crippen LogP contribution in [0.1, 0.15) is 52.4 Å². The number of anilines is 1. The molecule has 1 N–H and O–H groups in total. The SMILES string of the molecule is CN1C(=O)C=C[C@]2(C)[C@H]3CC[C@@]4(C)[C@@H](C(=O)Nc5cccc6ccccc56)CC[C@H]4[C@@H]3CC[C@@H]12. The van der Waals surface area contributed by atoms with Gasteiger partial charge >= 0.3 is 0 Å². The fourth-order valence-electron chi connectivity index (χ4n) is 8.72. The molecule has 4 nitrogen and oxygen atoms in total. The van der Waals surface area contributed by atoms with Gasteiger partial charge in [-0.15, -0.1) is 0 Å². The average molecular weight is 457 g/mol. The topological polar surface area (TPSA) is 49.4 Å². The van der Waals surface area contributed by atoms with Crippen molar-refractivity contribution in [1.82, 2.24) is 4.90 Å². The molecule has 4 heteroatoms. The lowest BCUT2D eigenvalue weighted by Crippen LogP contribution is -2.59. The van der Waals surface area contributed by atoms with Gasteiger partial charge in [-0.25, -0.2) is 0 Å². The van der Waals surface area contributed by atoms with Crippen molar-refractivity contribution in [3.8, 4) is 0 Å². The predicted octanol–water partition coefficient (Wildman–Crippen LogP) is 6.03. The first-order valence-electron chi connectivity index (χ1n) is 13.1. The summed E-state index contributed by atoms with van der Waals surface area (Å²) < 4.78 is 0. The van der Waals surface area contributed by atoms with Crippen LogP contribution in [0.25, 0.3) is 10.8 Å². The Bertz CT molecular complexity index is 1180. The van der Waals surface area contributed by atoms with E-state index in [9.17, 15) is 9.59 Å². The molecule has 3 fully saturated rings. The summed E-state index contributed by atoms with van der Waals surface area (Å²) in [5.74, 6) is 2.23. The van der Waals surface area contributed by atoms with Crippen LogP contribution in [-0.4, -0.2) is 29.8 Å². The highest BCUT2D eigenvalue weighted by Gasteiger charge is 2.61. The van der Waals surface area contributed by atoms with Gasteiger partial charge in [0.25, 0.3) is 0 Å². The number of fused-ring (bicyclic) bond motifs is 6. The predicted molar refractivity (Wildman–Crippen MR) is 136 cm³/mol. The molecule has 2 aromatic carbocycles.